The maximum absolute atomic E-state index is 13.2. The Morgan fingerprint density at radius 2 is 1.76 bits per heavy atom. The maximum atomic E-state index is 13.2. The van der Waals surface area contributed by atoms with Gasteiger partial charge in [0.05, 0.1) is 5.25 Å². The standard InChI is InChI=1S/C21H28N2OS/c24-21-20(25-17-6-2-1-3-7-17)10-9-19-15-12-16(14-23(19)21)18-8-4-5-11-22(18)13-15/h1-3,6-7,15-16,18-20H,4-5,8-14H2/t15-,16-,18-,19+,20-/m0/s1. The van der Waals surface area contributed by atoms with Crippen LogP contribution in [0.25, 0.3) is 0 Å². The number of nitrogens with zero attached hydrogens (tertiary/aromatic N) is 2. The second kappa shape index (κ2) is 6.62. The minimum Gasteiger partial charge on any atom is -0.338 e. The van der Waals surface area contributed by atoms with Crippen LogP contribution in [0.15, 0.2) is 35.2 Å². The number of amides is 1. The molecule has 3 nitrogen and oxygen atoms in total. The lowest BCUT2D eigenvalue weighted by Gasteiger charge is -2.57. The second-order valence-electron chi connectivity index (χ2n) is 8.37. The molecule has 0 spiro atoms. The molecule has 4 heterocycles. The Kier molecular flexibility index (Phi) is 4.29. The van der Waals surface area contributed by atoms with Crippen LogP contribution in [0.1, 0.15) is 38.5 Å². The van der Waals surface area contributed by atoms with Gasteiger partial charge in [0, 0.05) is 30.1 Å². The fourth-order valence-electron chi connectivity index (χ4n) is 5.86. The lowest BCUT2D eigenvalue weighted by Crippen LogP contribution is -2.65. The molecule has 134 valence electrons. The Labute approximate surface area is 155 Å². The number of thioether (sulfide) groups is 1. The summed E-state index contributed by atoms with van der Waals surface area (Å²) in [6.45, 7) is 3.56. The number of fused-ring (bicyclic) bond motifs is 6. The van der Waals surface area contributed by atoms with Crippen LogP contribution < -0.4 is 0 Å². The van der Waals surface area contributed by atoms with Gasteiger partial charge in [0.2, 0.25) is 5.91 Å². The molecule has 0 aromatic heterocycles. The monoisotopic (exact) mass is 356 g/mol. The molecule has 2 bridgehead atoms. The van der Waals surface area contributed by atoms with Gasteiger partial charge in [0.15, 0.2) is 0 Å². The van der Waals surface area contributed by atoms with Gasteiger partial charge >= 0.3 is 0 Å². The number of benzene rings is 1. The summed E-state index contributed by atoms with van der Waals surface area (Å²) in [5.74, 6) is 1.86. The van der Waals surface area contributed by atoms with Crippen LogP contribution in [0.2, 0.25) is 0 Å². The van der Waals surface area contributed by atoms with E-state index in [2.05, 4.69) is 34.1 Å². The number of hydrogen-bond donors (Lipinski definition) is 0. The van der Waals surface area contributed by atoms with E-state index in [4.69, 9.17) is 0 Å². The third-order valence-corrected chi connectivity index (χ3v) is 8.23. The molecule has 0 radical (unpaired) electrons. The van der Waals surface area contributed by atoms with E-state index >= 15 is 0 Å². The van der Waals surface area contributed by atoms with E-state index in [1.54, 1.807) is 11.8 Å². The summed E-state index contributed by atoms with van der Waals surface area (Å²) in [6, 6.07) is 11.7. The molecular formula is C21H28N2OS. The first kappa shape index (κ1) is 16.2. The van der Waals surface area contributed by atoms with Crippen molar-refractivity contribution in [1.82, 2.24) is 9.80 Å². The number of carbonyl (C=O) groups is 1. The van der Waals surface area contributed by atoms with E-state index in [-0.39, 0.29) is 5.25 Å². The SMILES string of the molecule is O=C1[C@@H](Sc2ccccc2)CC[C@@H]2[C@H]3C[C@@H](CN12)[C@@H]1CCCCN1C3. The minimum absolute atomic E-state index is 0.125. The van der Waals surface area contributed by atoms with Gasteiger partial charge in [-0.05, 0) is 62.6 Å². The molecule has 4 aliphatic rings. The molecule has 5 atom stereocenters. The molecule has 0 saturated carbocycles. The van der Waals surface area contributed by atoms with Crippen molar-refractivity contribution in [3.63, 3.8) is 0 Å². The first-order valence-electron chi connectivity index (χ1n) is 10.1. The van der Waals surface area contributed by atoms with E-state index in [9.17, 15) is 4.79 Å². The molecule has 4 aliphatic heterocycles. The van der Waals surface area contributed by atoms with Gasteiger partial charge in [-0.1, -0.05) is 24.6 Å². The fraction of sp³-hybridized carbons (Fsp3) is 0.667. The zero-order chi connectivity index (χ0) is 16.8. The lowest BCUT2D eigenvalue weighted by molar-refractivity contribution is -0.147. The largest absolute Gasteiger partial charge is 0.338 e. The third-order valence-electron chi connectivity index (χ3n) is 6.96. The highest BCUT2D eigenvalue weighted by atomic mass is 32.2. The van der Waals surface area contributed by atoms with Gasteiger partial charge in [-0.3, -0.25) is 9.69 Å². The van der Waals surface area contributed by atoms with Crippen LogP contribution in [0, 0.1) is 11.8 Å². The van der Waals surface area contributed by atoms with Crippen molar-refractivity contribution < 1.29 is 4.79 Å². The highest BCUT2D eigenvalue weighted by Gasteiger charge is 2.49. The lowest BCUT2D eigenvalue weighted by atomic mass is 9.71. The van der Waals surface area contributed by atoms with Gasteiger partial charge in [0.1, 0.15) is 0 Å². The summed E-state index contributed by atoms with van der Waals surface area (Å²) < 4.78 is 0. The Balaban J connectivity index is 1.33. The molecular weight excluding hydrogens is 328 g/mol. The van der Waals surface area contributed by atoms with Gasteiger partial charge in [-0.15, -0.1) is 11.8 Å². The summed E-state index contributed by atoms with van der Waals surface area (Å²) in [4.78, 5) is 19.6. The molecule has 5 rings (SSSR count). The van der Waals surface area contributed by atoms with Crippen molar-refractivity contribution in [2.24, 2.45) is 11.8 Å². The predicted molar refractivity (Wildman–Crippen MR) is 102 cm³/mol. The number of hydrogen-bond acceptors (Lipinski definition) is 3. The van der Waals surface area contributed by atoms with Gasteiger partial charge < -0.3 is 4.90 Å². The van der Waals surface area contributed by atoms with Crippen LogP contribution in [0.4, 0.5) is 0 Å². The maximum Gasteiger partial charge on any atom is 0.236 e. The van der Waals surface area contributed by atoms with Gasteiger partial charge in [-0.25, -0.2) is 0 Å². The molecule has 4 heteroatoms. The Bertz CT molecular complexity index is 636. The topological polar surface area (TPSA) is 23.6 Å². The first-order valence-corrected chi connectivity index (χ1v) is 10.9. The smallest absolute Gasteiger partial charge is 0.236 e. The molecule has 1 aromatic rings. The van der Waals surface area contributed by atoms with E-state index < -0.39 is 0 Å². The Morgan fingerprint density at radius 3 is 2.64 bits per heavy atom. The van der Waals surface area contributed by atoms with Crippen LogP contribution in [0.3, 0.4) is 0 Å². The quantitative estimate of drug-likeness (QED) is 0.808. The molecule has 1 amide bonds. The van der Waals surface area contributed by atoms with E-state index in [1.807, 2.05) is 6.07 Å². The van der Waals surface area contributed by atoms with Crippen molar-refractivity contribution in [2.45, 2.75) is 60.8 Å². The second-order valence-corrected chi connectivity index (χ2v) is 9.64. The van der Waals surface area contributed by atoms with Crippen LogP contribution >= 0.6 is 11.8 Å². The third kappa shape index (κ3) is 2.91. The molecule has 1 aromatic carbocycles. The van der Waals surface area contributed by atoms with E-state index in [1.165, 1.54) is 50.1 Å². The highest BCUT2D eigenvalue weighted by molar-refractivity contribution is 8.00. The summed E-state index contributed by atoms with van der Waals surface area (Å²) in [6.07, 6.45) is 7.72. The molecule has 4 saturated heterocycles. The zero-order valence-corrected chi connectivity index (χ0v) is 15.7. The molecule has 4 fully saturated rings. The van der Waals surface area contributed by atoms with Crippen LogP contribution in [-0.2, 0) is 4.79 Å². The zero-order valence-electron chi connectivity index (χ0n) is 14.8. The first-order chi connectivity index (χ1) is 12.3. The van der Waals surface area contributed by atoms with Crippen LogP contribution in [0.5, 0.6) is 0 Å². The molecule has 0 N–H and O–H groups in total. The number of piperidine rings is 4. The summed E-state index contributed by atoms with van der Waals surface area (Å²) >= 11 is 1.78. The summed E-state index contributed by atoms with van der Waals surface area (Å²) in [5, 5.41) is 0.125. The van der Waals surface area contributed by atoms with Crippen molar-refractivity contribution in [1.29, 1.82) is 0 Å². The Morgan fingerprint density at radius 1 is 0.920 bits per heavy atom. The van der Waals surface area contributed by atoms with Gasteiger partial charge in [0.25, 0.3) is 0 Å². The van der Waals surface area contributed by atoms with Crippen molar-refractivity contribution >= 4 is 17.7 Å². The fourth-order valence-corrected chi connectivity index (χ4v) is 7.00. The average molecular weight is 357 g/mol. The summed E-state index contributed by atoms with van der Waals surface area (Å²) in [5.41, 5.74) is 0. The van der Waals surface area contributed by atoms with E-state index in [0.29, 0.717) is 11.9 Å². The number of rotatable bonds is 2. The van der Waals surface area contributed by atoms with Crippen molar-refractivity contribution in [3.8, 4) is 0 Å². The molecule has 0 aliphatic carbocycles. The predicted octanol–water partition coefficient (Wildman–Crippen LogP) is 3.64. The van der Waals surface area contributed by atoms with Crippen molar-refractivity contribution in [3.05, 3.63) is 30.3 Å². The van der Waals surface area contributed by atoms with E-state index in [0.717, 1.165) is 30.8 Å². The molecule has 0 unspecified atom stereocenters. The van der Waals surface area contributed by atoms with Crippen molar-refractivity contribution in [2.75, 3.05) is 19.6 Å². The van der Waals surface area contributed by atoms with Gasteiger partial charge in [-0.2, -0.15) is 0 Å². The Hall–Kier alpha value is -1.00. The minimum atomic E-state index is 0.125. The van der Waals surface area contributed by atoms with Crippen LogP contribution in [-0.4, -0.2) is 52.7 Å². The average Bonchev–Trinajstić information content (AvgIpc) is 2.65. The highest BCUT2D eigenvalue weighted by Crippen LogP contribution is 2.44. The number of carbonyl (C=O) groups excluding carboxylic acids is 1. The normalized spacial score (nSPS) is 38.2. The summed E-state index contributed by atoms with van der Waals surface area (Å²) in [7, 11) is 0. The molecule has 25 heavy (non-hydrogen) atoms.